The third-order valence-corrected chi connectivity index (χ3v) is 9.20. The van der Waals surface area contributed by atoms with E-state index in [0.29, 0.717) is 5.75 Å². The van der Waals surface area contributed by atoms with Crippen LogP contribution in [-0.4, -0.2) is 19.3 Å². The van der Waals surface area contributed by atoms with E-state index in [1.807, 2.05) is 47.4 Å². The molecular weight excluding hydrogens is 603 g/mol. The molecule has 0 amide bonds. The van der Waals surface area contributed by atoms with Gasteiger partial charge in [-0.1, -0.05) is 111 Å². The van der Waals surface area contributed by atoms with Gasteiger partial charge in [-0.05, 0) is 80.5 Å². The molecule has 0 saturated carbocycles. The maximum absolute atomic E-state index is 6.52. The minimum Gasteiger partial charge on any atom is -0.458 e. The molecule has 0 aliphatic carbocycles. The summed E-state index contributed by atoms with van der Waals surface area (Å²) in [5, 5.41) is 7.02. The molecule has 0 bridgehead atoms. The molecule has 0 spiro atoms. The van der Waals surface area contributed by atoms with Gasteiger partial charge < -0.3 is 9.30 Å². The van der Waals surface area contributed by atoms with E-state index in [1.165, 1.54) is 22.1 Å². The number of fused-ring (bicyclic) bond motifs is 3. The Kier molecular flexibility index (Phi) is 7.74. The molecule has 3 heterocycles. The third-order valence-electron chi connectivity index (χ3n) is 9.20. The summed E-state index contributed by atoms with van der Waals surface area (Å²) in [5.41, 5.74) is 7.90. The van der Waals surface area contributed by atoms with Gasteiger partial charge in [0.05, 0.1) is 16.7 Å². The standard InChI is InChI=1S/C43H45N5O/c1-41(2,3)29-19-20-44-40(24-29)48-38-16-11-10-15-36(38)37-18-17-35(26-39(37)48)49-34-14-12-13-32(25-34)47-28-46(27-45-47)33-22-30(42(4,5)6)21-31(23-33)43(7,8)9/h10-27H,1-9H3. The van der Waals surface area contributed by atoms with Crippen LogP contribution in [0.2, 0.25) is 0 Å². The lowest BCUT2D eigenvalue weighted by Gasteiger charge is -2.26. The van der Waals surface area contributed by atoms with E-state index in [0.717, 1.165) is 39.4 Å². The van der Waals surface area contributed by atoms with E-state index in [4.69, 9.17) is 9.72 Å². The fourth-order valence-corrected chi connectivity index (χ4v) is 6.20. The van der Waals surface area contributed by atoms with Crippen molar-refractivity contribution >= 4 is 21.8 Å². The van der Waals surface area contributed by atoms with Gasteiger partial charge >= 0.3 is 0 Å². The van der Waals surface area contributed by atoms with Gasteiger partial charge in [-0.2, -0.15) is 4.68 Å². The molecule has 7 aromatic rings. The summed E-state index contributed by atoms with van der Waals surface area (Å²) in [6, 6.07) is 33.8. The topological polar surface area (TPSA) is 48.8 Å². The first-order valence-electron chi connectivity index (χ1n) is 17.0. The van der Waals surface area contributed by atoms with Gasteiger partial charge in [0, 0.05) is 28.7 Å². The average Bonchev–Trinajstić information content (AvgIpc) is 3.67. The van der Waals surface area contributed by atoms with Crippen LogP contribution in [0.3, 0.4) is 0 Å². The van der Waals surface area contributed by atoms with Crippen LogP contribution in [0.4, 0.5) is 0 Å². The van der Waals surface area contributed by atoms with Crippen molar-refractivity contribution in [2.24, 2.45) is 0 Å². The summed E-state index contributed by atoms with van der Waals surface area (Å²) in [6.07, 6.45) is 7.15. The minimum atomic E-state index is 0.00679. The Hall–Kier alpha value is -5.23. The van der Waals surface area contributed by atoms with E-state index >= 15 is 0 Å². The molecule has 49 heavy (non-hydrogen) atoms. The first-order chi connectivity index (χ1) is 23.1. The summed E-state index contributed by atoms with van der Waals surface area (Å²) >= 11 is 0. The molecule has 248 valence electrons. The Morgan fingerprint density at radius 3 is 2.00 bits per heavy atom. The molecule has 0 saturated heterocycles. The average molecular weight is 648 g/mol. The monoisotopic (exact) mass is 647 g/mol. The summed E-state index contributed by atoms with van der Waals surface area (Å²) < 4.78 is 12.5. The highest BCUT2D eigenvalue weighted by Crippen LogP contribution is 2.36. The van der Waals surface area contributed by atoms with E-state index in [-0.39, 0.29) is 16.2 Å². The lowest BCUT2D eigenvalue weighted by atomic mass is 9.80. The normalized spacial score (nSPS) is 12.6. The van der Waals surface area contributed by atoms with Crippen molar-refractivity contribution in [1.29, 1.82) is 0 Å². The summed E-state index contributed by atoms with van der Waals surface area (Å²) in [4.78, 5) is 4.82. The van der Waals surface area contributed by atoms with Crippen molar-refractivity contribution in [3.8, 4) is 28.7 Å². The zero-order valence-electron chi connectivity index (χ0n) is 30.0. The first-order valence-corrected chi connectivity index (χ1v) is 17.0. The Bertz CT molecular complexity index is 2290. The number of para-hydroxylation sites is 1. The van der Waals surface area contributed by atoms with Crippen LogP contribution in [0.15, 0.2) is 110 Å². The number of hydrogen-bond donors (Lipinski definition) is 0. The predicted molar refractivity (Wildman–Crippen MR) is 199 cm³/mol. The van der Waals surface area contributed by atoms with Crippen LogP contribution in [0.25, 0.3) is 39.0 Å². The third kappa shape index (κ3) is 6.35. The lowest BCUT2D eigenvalue weighted by Crippen LogP contribution is -2.30. The molecule has 0 aliphatic heterocycles. The fourth-order valence-electron chi connectivity index (χ4n) is 6.20. The highest BCUT2D eigenvalue weighted by Gasteiger charge is 2.21. The van der Waals surface area contributed by atoms with Crippen LogP contribution >= 0.6 is 0 Å². The van der Waals surface area contributed by atoms with Crippen molar-refractivity contribution in [2.45, 2.75) is 78.6 Å². The molecule has 0 fully saturated rings. The number of pyridine rings is 1. The Morgan fingerprint density at radius 2 is 1.29 bits per heavy atom. The van der Waals surface area contributed by atoms with Crippen LogP contribution < -0.4 is 9.30 Å². The second kappa shape index (κ2) is 11.7. The van der Waals surface area contributed by atoms with Crippen LogP contribution in [0.5, 0.6) is 11.5 Å². The van der Waals surface area contributed by atoms with Crippen molar-refractivity contribution < 1.29 is 9.30 Å². The highest BCUT2D eigenvalue weighted by atomic mass is 16.5. The van der Waals surface area contributed by atoms with Gasteiger partial charge in [-0.15, -0.1) is 0 Å². The maximum atomic E-state index is 6.52. The van der Waals surface area contributed by atoms with Gasteiger partial charge in [0.25, 0.3) is 0 Å². The lowest BCUT2D eigenvalue weighted by molar-refractivity contribution is -0.600. The first kappa shape index (κ1) is 32.3. The number of ether oxygens (including phenoxy) is 1. The van der Waals surface area contributed by atoms with Crippen molar-refractivity contribution in [3.05, 3.63) is 133 Å². The molecule has 0 radical (unpaired) electrons. The van der Waals surface area contributed by atoms with Crippen molar-refractivity contribution in [2.75, 3.05) is 0 Å². The van der Waals surface area contributed by atoms with Crippen LogP contribution in [-0.2, 0) is 16.2 Å². The Morgan fingerprint density at radius 1 is 0.612 bits per heavy atom. The predicted octanol–water partition coefficient (Wildman–Crippen LogP) is 10.1. The van der Waals surface area contributed by atoms with Crippen molar-refractivity contribution in [3.63, 3.8) is 0 Å². The summed E-state index contributed by atoms with van der Waals surface area (Å²) in [5.74, 6) is 2.35. The fraction of sp³-hybridized carbons (Fsp3) is 0.279. The second-order valence-corrected chi connectivity index (χ2v) is 16.1. The Labute approximate surface area is 289 Å². The summed E-state index contributed by atoms with van der Waals surface area (Å²) in [7, 11) is 0. The molecule has 0 unspecified atom stereocenters. The van der Waals surface area contributed by atoms with Gasteiger partial charge in [0.15, 0.2) is 6.33 Å². The zero-order valence-corrected chi connectivity index (χ0v) is 30.0. The number of aromatic nitrogens is 5. The number of nitrogens with zero attached hydrogens (tertiary/aromatic N) is 5. The molecule has 4 aromatic carbocycles. The Balaban J connectivity index is 1.23. The van der Waals surface area contributed by atoms with Crippen molar-refractivity contribution in [1.82, 2.24) is 19.3 Å². The quantitative estimate of drug-likeness (QED) is 0.138. The molecule has 7 rings (SSSR count). The van der Waals surface area contributed by atoms with E-state index < -0.39 is 0 Å². The van der Waals surface area contributed by atoms with Crippen LogP contribution in [0.1, 0.15) is 79.0 Å². The second-order valence-electron chi connectivity index (χ2n) is 16.1. The summed E-state index contributed by atoms with van der Waals surface area (Å²) in [6.45, 7) is 20.2. The number of benzene rings is 4. The molecule has 0 N–H and O–H groups in total. The molecule has 0 aliphatic rings. The zero-order chi connectivity index (χ0) is 34.7. The molecule has 6 heteroatoms. The SMILES string of the molecule is CC(C)(C)c1cc(-[n+]2[c-]n(-c3cccc(Oc4ccc5c6ccccc6n(-c6cc(C(C)(C)C)ccn6)c5c4)c3)nc2)cc(C(C)(C)C)c1. The van der Waals surface area contributed by atoms with Gasteiger partial charge in [0.1, 0.15) is 17.3 Å². The van der Waals surface area contributed by atoms with Gasteiger partial charge in [-0.25, -0.2) is 4.98 Å². The molecular formula is C43H45N5O. The largest absolute Gasteiger partial charge is 0.458 e. The number of hydrogen-bond acceptors (Lipinski definition) is 3. The number of rotatable bonds is 5. The van der Waals surface area contributed by atoms with Gasteiger partial charge in [0.2, 0.25) is 6.33 Å². The smallest absolute Gasteiger partial charge is 0.212 e. The minimum absolute atomic E-state index is 0.00679. The maximum Gasteiger partial charge on any atom is 0.212 e. The highest BCUT2D eigenvalue weighted by molar-refractivity contribution is 6.09. The van der Waals surface area contributed by atoms with Gasteiger partial charge in [-0.3, -0.25) is 4.57 Å². The van der Waals surface area contributed by atoms with E-state index in [9.17, 15) is 0 Å². The molecule has 0 atom stereocenters. The van der Waals surface area contributed by atoms with Crippen LogP contribution in [0, 0.1) is 6.33 Å². The van der Waals surface area contributed by atoms with E-state index in [1.54, 1.807) is 4.68 Å². The van der Waals surface area contributed by atoms with E-state index in [2.05, 4.69) is 145 Å². The molecule has 3 aromatic heterocycles. The molecule has 6 nitrogen and oxygen atoms in total.